The van der Waals surface area contributed by atoms with E-state index in [0.717, 1.165) is 23.4 Å². The fourth-order valence-corrected chi connectivity index (χ4v) is 3.06. The van der Waals surface area contributed by atoms with Gasteiger partial charge in [0.2, 0.25) is 0 Å². The Morgan fingerprint density at radius 2 is 2.24 bits per heavy atom. The molecule has 0 aliphatic heterocycles. The van der Waals surface area contributed by atoms with Gasteiger partial charge in [-0.15, -0.1) is 11.3 Å². The van der Waals surface area contributed by atoms with Crippen LogP contribution in [-0.2, 0) is 13.0 Å². The smallest absolute Gasteiger partial charge is 0.296 e. The third-order valence-corrected chi connectivity index (χ3v) is 4.66. The van der Waals surface area contributed by atoms with Crippen molar-refractivity contribution < 1.29 is 0 Å². The summed E-state index contributed by atoms with van der Waals surface area (Å²) in [6.07, 6.45) is 3.83. The maximum Gasteiger partial charge on any atom is 0.331 e. The summed E-state index contributed by atoms with van der Waals surface area (Å²) in [5.41, 5.74) is 1.89. The zero-order chi connectivity index (χ0) is 15.0. The van der Waals surface area contributed by atoms with Crippen molar-refractivity contribution in [3.8, 4) is 6.07 Å². The Kier molecular flexibility index (Phi) is 3.47. The van der Waals surface area contributed by atoms with Gasteiger partial charge in [0.15, 0.2) is 0 Å². The lowest BCUT2D eigenvalue weighted by molar-refractivity contribution is 0.557. The molecule has 0 amide bonds. The number of rotatable bonds is 4. The molecule has 0 radical (unpaired) electrons. The van der Waals surface area contributed by atoms with Crippen LogP contribution >= 0.6 is 11.3 Å². The van der Waals surface area contributed by atoms with Gasteiger partial charge in [-0.2, -0.15) is 5.26 Å². The monoisotopic (exact) mass is 302 g/mol. The lowest BCUT2D eigenvalue weighted by Crippen LogP contribution is -2.41. The fourth-order valence-electron chi connectivity index (χ4n) is 2.29. The summed E-state index contributed by atoms with van der Waals surface area (Å²) in [7, 11) is 0. The molecular formula is C14H14N4O2S. The normalized spacial score (nSPS) is 14.1. The molecule has 1 aliphatic carbocycles. The van der Waals surface area contributed by atoms with Crippen molar-refractivity contribution in [2.24, 2.45) is 0 Å². The van der Waals surface area contributed by atoms with Crippen LogP contribution < -0.4 is 11.2 Å². The molecule has 21 heavy (non-hydrogen) atoms. The highest BCUT2D eigenvalue weighted by molar-refractivity contribution is 7.09. The minimum atomic E-state index is -0.499. The van der Waals surface area contributed by atoms with Gasteiger partial charge >= 0.3 is 5.69 Å². The number of nitriles is 1. The van der Waals surface area contributed by atoms with Gasteiger partial charge in [-0.3, -0.25) is 13.9 Å². The lowest BCUT2D eigenvalue weighted by atomic mass is 10.3. The summed E-state index contributed by atoms with van der Waals surface area (Å²) in [6.45, 7) is 2.19. The zero-order valence-electron chi connectivity index (χ0n) is 11.6. The molecule has 2 heterocycles. The maximum absolute atomic E-state index is 12.4. The van der Waals surface area contributed by atoms with Gasteiger partial charge in [-0.1, -0.05) is 0 Å². The van der Waals surface area contributed by atoms with E-state index in [-0.39, 0.29) is 23.8 Å². The minimum absolute atomic E-state index is 0.0301. The predicted octanol–water partition coefficient (Wildman–Crippen LogP) is 1.22. The van der Waals surface area contributed by atoms with Gasteiger partial charge < -0.3 is 0 Å². The molecule has 2 aromatic rings. The van der Waals surface area contributed by atoms with Crippen LogP contribution in [0.1, 0.15) is 35.0 Å². The molecule has 0 spiro atoms. The van der Waals surface area contributed by atoms with E-state index in [9.17, 15) is 9.59 Å². The molecule has 1 saturated carbocycles. The van der Waals surface area contributed by atoms with Crippen LogP contribution in [0.25, 0.3) is 0 Å². The first-order chi connectivity index (χ1) is 10.1. The van der Waals surface area contributed by atoms with Crippen molar-refractivity contribution in [3.05, 3.63) is 48.7 Å². The van der Waals surface area contributed by atoms with Crippen molar-refractivity contribution in [2.45, 2.75) is 38.8 Å². The summed E-state index contributed by atoms with van der Waals surface area (Å²) in [5, 5.41) is 9.07. The van der Waals surface area contributed by atoms with Crippen LogP contribution in [0, 0.1) is 18.3 Å². The third-order valence-electron chi connectivity index (χ3n) is 3.66. The van der Waals surface area contributed by atoms with E-state index in [1.807, 2.05) is 13.0 Å². The van der Waals surface area contributed by atoms with Crippen molar-refractivity contribution in [3.63, 3.8) is 0 Å². The Hall–Kier alpha value is -2.20. The van der Waals surface area contributed by atoms with E-state index < -0.39 is 5.56 Å². The van der Waals surface area contributed by atoms with Gasteiger partial charge in [-0.25, -0.2) is 9.78 Å². The zero-order valence-corrected chi connectivity index (χ0v) is 12.4. The maximum atomic E-state index is 12.4. The van der Waals surface area contributed by atoms with Crippen molar-refractivity contribution in [1.82, 2.24) is 14.1 Å². The molecule has 1 aliphatic rings. The Balaban J connectivity index is 1.99. The highest BCUT2D eigenvalue weighted by Gasteiger charge is 2.26. The lowest BCUT2D eigenvalue weighted by Gasteiger charge is -2.09. The molecule has 0 saturated heterocycles. The Bertz CT molecular complexity index is 836. The van der Waals surface area contributed by atoms with E-state index in [0.29, 0.717) is 6.42 Å². The number of hydrogen-bond acceptors (Lipinski definition) is 5. The second-order valence-corrected chi connectivity index (χ2v) is 6.08. The summed E-state index contributed by atoms with van der Waals surface area (Å²) in [6, 6.07) is 2.03. The fraction of sp³-hybridized carbons (Fsp3) is 0.429. The van der Waals surface area contributed by atoms with E-state index in [4.69, 9.17) is 5.26 Å². The molecule has 2 aromatic heterocycles. The average molecular weight is 302 g/mol. The average Bonchev–Trinajstić information content (AvgIpc) is 3.23. The van der Waals surface area contributed by atoms with Gasteiger partial charge in [-0.05, 0) is 19.8 Å². The Morgan fingerprint density at radius 3 is 2.81 bits per heavy atom. The molecule has 3 rings (SSSR count). The molecule has 7 heteroatoms. The topological polar surface area (TPSA) is 80.7 Å². The standard InChI is InChI=1S/C14H14N4O2S/c1-9-12(21-8-16-9)4-5-17-13(19)10(6-15)7-18(14(17)20)11-2-3-11/h7-8,11H,2-5H2,1H3. The molecule has 1 fully saturated rings. The third kappa shape index (κ3) is 2.54. The number of aromatic nitrogens is 3. The van der Waals surface area contributed by atoms with Crippen LogP contribution in [0.3, 0.4) is 0 Å². The molecule has 0 unspecified atom stereocenters. The van der Waals surface area contributed by atoms with Gasteiger partial charge in [0, 0.05) is 30.1 Å². The largest absolute Gasteiger partial charge is 0.331 e. The first-order valence-electron chi connectivity index (χ1n) is 6.77. The molecular weight excluding hydrogens is 288 g/mol. The van der Waals surface area contributed by atoms with Crippen LogP contribution in [-0.4, -0.2) is 14.1 Å². The van der Waals surface area contributed by atoms with Crippen molar-refractivity contribution in [1.29, 1.82) is 5.26 Å². The SMILES string of the molecule is Cc1ncsc1CCn1c(=O)c(C#N)cn(C2CC2)c1=O. The van der Waals surface area contributed by atoms with Gasteiger partial charge in [0.25, 0.3) is 5.56 Å². The number of hydrogen-bond donors (Lipinski definition) is 0. The van der Waals surface area contributed by atoms with E-state index in [1.54, 1.807) is 5.51 Å². The first kappa shape index (κ1) is 13.8. The molecule has 0 N–H and O–H groups in total. The Labute approximate surface area is 124 Å². The highest BCUT2D eigenvalue weighted by Crippen LogP contribution is 2.33. The summed E-state index contributed by atoms with van der Waals surface area (Å²) in [4.78, 5) is 29.8. The van der Waals surface area contributed by atoms with Crippen molar-refractivity contribution >= 4 is 11.3 Å². The van der Waals surface area contributed by atoms with E-state index in [2.05, 4.69) is 4.98 Å². The number of aryl methyl sites for hydroxylation is 2. The van der Waals surface area contributed by atoms with E-state index >= 15 is 0 Å². The number of thiazole rings is 1. The number of nitrogens with zero attached hydrogens (tertiary/aromatic N) is 4. The predicted molar refractivity (Wildman–Crippen MR) is 78.5 cm³/mol. The molecule has 0 bridgehead atoms. The quantitative estimate of drug-likeness (QED) is 0.850. The van der Waals surface area contributed by atoms with Gasteiger partial charge in [0.1, 0.15) is 11.6 Å². The van der Waals surface area contributed by atoms with Crippen LogP contribution in [0.2, 0.25) is 0 Å². The van der Waals surface area contributed by atoms with E-state index in [1.165, 1.54) is 26.7 Å². The van der Waals surface area contributed by atoms with Gasteiger partial charge in [0.05, 0.1) is 11.2 Å². The molecule has 6 nitrogen and oxygen atoms in total. The second kappa shape index (κ2) is 5.30. The Morgan fingerprint density at radius 1 is 1.48 bits per heavy atom. The minimum Gasteiger partial charge on any atom is -0.296 e. The summed E-state index contributed by atoms with van der Waals surface area (Å²) >= 11 is 1.51. The molecule has 108 valence electrons. The summed E-state index contributed by atoms with van der Waals surface area (Å²) in [5.74, 6) is 0. The first-order valence-corrected chi connectivity index (χ1v) is 7.65. The summed E-state index contributed by atoms with van der Waals surface area (Å²) < 4.78 is 2.70. The molecule has 0 atom stereocenters. The van der Waals surface area contributed by atoms with Crippen LogP contribution in [0.5, 0.6) is 0 Å². The highest BCUT2D eigenvalue weighted by atomic mass is 32.1. The molecule has 0 aromatic carbocycles. The van der Waals surface area contributed by atoms with Crippen molar-refractivity contribution in [2.75, 3.05) is 0 Å². The van der Waals surface area contributed by atoms with Crippen LogP contribution in [0.4, 0.5) is 0 Å². The second-order valence-electron chi connectivity index (χ2n) is 5.14. The van der Waals surface area contributed by atoms with Crippen LogP contribution in [0.15, 0.2) is 21.3 Å².